The predicted molar refractivity (Wildman–Crippen MR) is 51.8 cm³/mol. The zero-order chi connectivity index (χ0) is 9.97. The third-order valence-corrected chi connectivity index (χ3v) is 2.06. The molecule has 14 heavy (non-hydrogen) atoms. The van der Waals surface area contributed by atoms with Crippen molar-refractivity contribution in [2.75, 3.05) is 0 Å². The lowest BCUT2D eigenvalue weighted by atomic mass is 10.2. The van der Waals surface area contributed by atoms with Crippen molar-refractivity contribution in [1.82, 2.24) is 20.2 Å². The molecular weight excluding hydrogens is 178 g/mol. The highest BCUT2D eigenvalue weighted by atomic mass is 15.5. The fourth-order valence-corrected chi connectivity index (χ4v) is 1.32. The summed E-state index contributed by atoms with van der Waals surface area (Å²) in [6.07, 6.45) is 0. The summed E-state index contributed by atoms with van der Waals surface area (Å²) in [5.41, 5.74) is 7.61. The molecule has 0 saturated heterocycles. The Hall–Kier alpha value is -1.75. The quantitative estimate of drug-likeness (QED) is 0.743. The molecule has 0 spiro atoms. The van der Waals surface area contributed by atoms with Gasteiger partial charge in [-0.05, 0) is 29.0 Å². The molecule has 0 amide bonds. The molecule has 5 nitrogen and oxygen atoms in total. The number of hydrogen-bond acceptors (Lipinski definition) is 4. The van der Waals surface area contributed by atoms with Crippen LogP contribution in [0.25, 0.3) is 5.69 Å². The number of para-hydroxylation sites is 1. The van der Waals surface area contributed by atoms with Crippen molar-refractivity contribution in [3.05, 3.63) is 35.7 Å². The zero-order valence-electron chi connectivity index (χ0n) is 7.88. The number of nitrogens with two attached hydrogens (primary N) is 1. The van der Waals surface area contributed by atoms with Crippen LogP contribution in [-0.4, -0.2) is 20.2 Å². The molecule has 2 aromatic rings. The average Bonchev–Trinajstić information content (AvgIpc) is 2.66. The first kappa shape index (κ1) is 8.83. The van der Waals surface area contributed by atoms with Gasteiger partial charge in [-0.1, -0.05) is 18.2 Å². The Bertz CT molecular complexity index is 434. The lowest BCUT2D eigenvalue weighted by Crippen LogP contribution is -2.08. The van der Waals surface area contributed by atoms with Crippen molar-refractivity contribution in [2.45, 2.75) is 13.5 Å². The molecule has 0 bridgehead atoms. The van der Waals surface area contributed by atoms with Gasteiger partial charge in [0.2, 0.25) is 0 Å². The monoisotopic (exact) mass is 189 g/mol. The van der Waals surface area contributed by atoms with Crippen LogP contribution in [0.4, 0.5) is 0 Å². The summed E-state index contributed by atoms with van der Waals surface area (Å²) in [5, 5.41) is 11.3. The highest BCUT2D eigenvalue weighted by Gasteiger charge is 2.07. The highest BCUT2D eigenvalue weighted by Crippen LogP contribution is 2.12. The molecule has 1 aromatic heterocycles. The number of tetrazole rings is 1. The van der Waals surface area contributed by atoms with Crippen molar-refractivity contribution in [3.8, 4) is 5.69 Å². The first-order valence-corrected chi connectivity index (χ1v) is 4.36. The molecule has 5 heteroatoms. The summed E-state index contributed by atoms with van der Waals surface area (Å²) in [7, 11) is 0. The Kier molecular flexibility index (Phi) is 2.24. The van der Waals surface area contributed by atoms with E-state index in [9.17, 15) is 0 Å². The van der Waals surface area contributed by atoms with Crippen molar-refractivity contribution < 1.29 is 0 Å². The molecule has 0 atom stereocenters. The van der Waals surface area contributed by atoms with Gasteiger partial charge in [0.1, 0.15) is 0 Å². The largest absolute Gasteiger partial charge is 0.324 e. The Balaban J connectivity index is 2.54. The van der Waals surface area contributed by atoms with Crippen molar-refractivity contribution in [1.29, 1.82) is 0 Å². The molecule has 0 radical (unpaired) electrons. The van der Waals surface area contributed by atoms with Crippen molar-refractivity contribution in [2.24, 2.45) is 5.73 Å². The Morgan fingerprint density at radius 1 is 1.36 bits per heavy atom. The van der Waals surface area contributed by atoms with Crippen LogP contribution in [0, 0.1) is 6.92 Å². The summed E-state index contributed by atoms with van der Waals surface area (Å²) in [4.78, 5) is 0. The van der Waals surface area contributed by atoms with Crippen LogP contribution >= 0.6 is 0 Å². The second kappa shape index (κ2) is 3.55. The fourth-order valence-electron chi connectivity index (χ4n) is 1.32. The molecule has 1 heterocycles. The molecule has 0 aliphatic rings. The van der Waals surface area contributed by atoms with E-state index < -0.39 is 0 Å². The number of aromatic nitrogens is 4. The van der Waals surface area contributed by atoms with E-state index in [4.69, 9.17) is 5.73 Å². The predicted octanol–water partition coefficient (Wildman–Crippen LogP) is 0.429. The average molecular weight is 189 g/mol. The van der Waals surface area contributed by atoms with Gasteiger partial charge in [-0.3, -0.25) is 0 Å². The normalized spacial score (nSPS) is 10.4. The van der Waals surface area contributed by atoms with Crippen LogP contribution < -0.4 is 5.73 Å². The maximum absolute atomic E-state index is 5.52. The van der Waals surface area contributed by atoms with Crippen molar-refractivity contribution in [3.63, 3.8) is 0 Å². The minimum atomic E-state index is 0.335. The SMILES string of the molecule is Cc1ccccc1-n1nnnc1CN. The second-order valence-corrected chi connectivity index (χ2v) is 3.00. The van der Waals surface area contributed by atoms with Gasteiger partial charge in [0, 0.05) is 0 Å². The number of rotatable bonds is 2. The number of aryl methyl sites for hydroxylation is 1. The summed E-state index contributed by atoms with van der Waals surface area (Å²) in [6, 6.07) is 7.90. The number of benzene rings is 1. The van der Waals surface area contributed by atoms with Gasteiger partial charge >= 0.3 is 0 Å². The molecule has 72 valence electrons. The van der Waals surface area contributed by atoms with Gasteiger partial charge in [0.15, 0.2) is 5.82 Å². The lowest BCUT2D eigenvalue weighted by molar-refractivity contribution is 0.757. The number of hydrogen-bond donors (Lipinski definition) is 1. The number of nitrogens with zero attached hydrogens (tertiary/aromatic N) is 4. The Labute approximate surface area is 81.5 Å². The standard InChI is InChI=1S/C9H11N5/c1-7-4-2-3-5-8(7)14-9(6-10)11-12-13-14/h2-5H,6,10H2,1H3. The van der Waals surface area contributed by atoms with Gasteiger partial charge in [-0.25, -0.2) is 0 Å². The molecule has 0 fully saturated rings. The van der Waals surface area contributed by atoms with Gasteiger partial charge in [0.05, 0.1) is 12.2 Å². The topological polar surface area (TPSA) is 69.6 Å². The summed E-state index contributed by atoms with van der Waals surface area (Å²) < 4.78 is 1.66. The van der Waals surface area contributed by atoms with E-state index in [0.717, 1.165) is 11.3 Å². The maximum atomic E-state index is 5.52. The summed E-state index contributed by atoms with van der Waals surface area (Å²) >= 11 is 0. The molecule has 0 aliphatic heterocycles. The van der Waals surface area contributed by atoms with Crippen LogP contribution in [0.1, 0.15) is 11.4 Å². The fraction of sp³-hybridized carbons (Fsp3) is 0.222. The van der Waals surface area contributed by atoms with E-state index in [-0.39, 0.29) is 0 Å². The van der Waals surface area contributed by atoms with E-state index in [0.29, 0.717) is 12.4 Å². The van der Waals surface area contributed by atoms with Crippen LogP contribution in [0.5, 0.6) is 0 Å². The third-order valence-electron chi connectivity index (χ3n) is 2.06. The van der Waals surface area contributed by atoms with Gasteiger partial charge in [-0.2, -0.15) is 4.68 Å². The summed E-state index contributed by atoms with van der Waals surface area (Å²) in [6.45, 7) is 2.35. The van der Waals surface area contributed by atoms with Crippen LogP contribution in [0.3, 0.4) is 0 Å². The van der Waals surface area contributed by atoms with E-state index >= 15 is 0 Å². The zero-order valence-corrected chi connectivity index (χ0v) is 7.88. The highest BCUT2D eigenvalue weighted by molar-refractivity contribution is 5.39. The molecule has 1 aromatic carbocycles. The van der Waals surface area contributed by atoms with Gasteiger partial charge in [0.25, 0.3) is 0 Å². The molecule has 0 saturated carbocycles. The summed E-state index contributed by atoms with van der Waals surface area (Å²) in [5.74, 6) is 0.666. The van der Waals surface area contributed by atoms with E-state index in [2.05, 4.69) is 15.5 Å². The van der Waals surface area contributed by atoms with E-state index in [1.165, 1.54) is 0 Å². The maximum Gasteiger partial charge on any atom is 0.170 e. The molecule has 2 rings (SSSR count). The minimum Gasteiger partial charge on any atom is -0.324 e. The van der Waals surface area contributed by atoms with Crippen LogP contribution in [0.15, 0.2) is 24.3 Å². The Morgan fingerprint density at radius 2 is 2.14 bits per heavy atom. The first-order chi connectivity index (χ1) is 6.83. The second-order valence-electron chi connectivity index (χ2n) is 3.00. The lowest BCUT2D eigenvalue weighted by Gasteiger charge is -2.05. The van der Waals surface area contributed by atoms with Gasteiger partial charge < -0.3 is 5.73 Å². The van der Waals surface area contributed by atoms with Gasteiger partial charge in [-0.15, -0.1) is 5.10 Å². The molecule has 2 N–H and O–H groups in total. The third kappa shape index (κ3) is 1.38. The molecule has 0 unspecified atom stereocenters. The first-order valence-electron chi connectivity index (χ1n) is 4.36. The smallest absolute Gasteiger partial charge is 0.170 e. The molecule has 0 aliphatic carbocycles. The van der Waals surface area contributed by atoms with E-state index in [1.807, 2.05) is 31.2 Å². The van der Waals surface area contributed by atoms with Crippen LogP contribution in [0.2, 0.25) is 0 Å². The Morgan fingerprint density at radius 3 is 2.86 bits per heavy atom. The molecular formula is C9H11N5. The van der Waals surface area contributed by atoms with Crippen molar-refractivity contribution >= 4 is 0 Å². The van der Waals surface area contributed by atoms with Crippen LogP contribution in [-0.2, 0) is 6.54 Å². The van der Waals surface area contributed by atoms with E-state index in [1.54, 1.807) is 4.68 Å². The minimum absolute atomic E-state index is 0.335.